The van der Waals surface area contributed by atoms with Crippen LogP contribution in [0.25, 0.3) is 0 Å². The van der Waals surface area contributed by atoms with Gasteiger partial charge in [-0.3, -0.25) is 0 Å². The molecule has 1 rings (SSSR count). The van der Waals surface area contributed by atoms with Crippen LogP contribution in [0.4, 0.5) is 51.8 Å². The molecule has 0 heterocycles. The van der Waals surface area contributed by atoms with Gasteiger partial charge in [-0.1, -0.05) is 18.2 Å². The molecule has 0 spiro atoms. The Bertz CT molecular complexity index is 319. The molecule has 134 valence electrons. The average Bonchev–Trinajstić information content (AvgIpc) is 2.09. The van der Waals surface area contributed by atoms with Crippen LogP contribution >= 0.6 is 0 Å². The van der Waals surface area contributed by atoms with Gasteiger partial charge in [-0.2, -0.15) is 0 Å². The van der Waals surface area contributed by atoms with Gasteiger partial charge in [0.2, 0.25) is 0 Å². The normalized spacial score (nSPS) is 10.4. The van der Waals surface area contributed by atoms with Crippen LogP contribution in [0.5, 0.6) is 5.75 Å². The van der Waals surface area contributed by atoms with E-state index in [1.807, 2.05) is 6.07 Å². The molecule has 0 aromatic heterocycles. The van der Waals surface area contributed by atoms with Gasteiger partial charge in [0.15, 0.2) is 0 Å². The van der Waals surface area contributed by atoms with Crippen molar-refractivity contribution in [1.82, 2.24) is 0 Å². The predicted molar refractivity (Wildman–Crippen MR) is 65.8 cm³/mol. The van der Waals surface area contributed by atoms with E-state index in [1.165, 1.54) is 0 Å². The second-order valence-corrected chi connectivity index (χ2v) is 2.82. The second kappa shape index (κ2) is 13.4. The van der Waals surface area contributed by atoms with Crippen LogP contribution in [-0.4, -0.2) is 45.7 Å². The zero-order chi connectivity index (χ0) is 18.6. The number of phenols is 1. The summed E-state index contributed by atoms with van der Waals surface area (Å²) in [6.07, 6.45) is 0. The van der Waals surface area contributed by atoms with Crippen molar-refractivity contribution in [1.29, 1.82) is 0 Å². The Morgan fingerprint density at radius 1 is 0.522 bits per heavy atom. The number of benzene rings is 1. The Labute approximate surface area is 134 Å². The Morgan fingerprint density at radius 3 is 0.783 bits per heavy atom. The summed E-state index contributed by atoms with van der Waals surface area (Å²) in [5.74, 6) is 0.322. The second-order valence-electron chi connectivity index (χ2n) is 2.82. The average molecular weight is 362 g/mol. The maximum absolute atomic E-state index is 9.75. The van der Waals surface area contributed by atoms with E-state index < -0.39 is 21.8 Å². The standard InChI is InChI=1S/C6H6O.3BF4.Li.H/c7-6-4-2-1-3-5-6;3*2-1(3,4)5;;/h1-5,7H;;;;;/q;3*-1;;. The SMILES string of the molecule is F[B-](F)(F)F.F[B-](F)(F)F.F[B-](F)(F)F.Oc1ccccc1.[LiH]. The molecule has 0 fully saturated rings. The van der Waals surface area contributed by atoms with Crippen molar-refractivity contribution >= 4 is 40.6 Å². The predicted octanol–water partition coefficient (Wildman–Crippen LogP) is 4.64. The summed E-state index contributed by atoms with van der Waals surface area (Å²) in [5.41, 5.74) is 0. The van der Waals surface area contributed by atoms with Gasteiger partial charge in [0.25, 0.3) is 0 Å². The Kier molecular flexibility index (Phi) is 17.5. The Balaban J connectivity index is -0.000000105. The fourth-order valence-corrected chi connectivity index (χ4v) is 0.428. The van der Waals surface area contributed by atoms with E-state index in [0.29, 0.717) is 5.75 Å². The number of aromatic hydroxyl groups is 1. The molecule has 0 atom stereocenters. The molecule has 0 aliphatic rings. The summed E-state index contributed by atoms with van der Waals surface area (Å²) in [4.78, 5) is 0. The molecular weight excluding hydrogens is 355 g/mol. The third kappa shape index (κ3) is 155. The van der Waals surface area contributed by atoms with Crippen LogP contribution in [0, 0.1) is 0 Å². The van der Waals surface area contributed by atoms with Gasteiger partial charge in [0, 0.05) is 0 Å². The maximum atomic E-state index is 9.75. The number of halogens is 12. The fraction of sp³-hybridized carbons (Fsp3) is 0. The summed E-state index contributed by atoms with van der Waals surface area (Å²) >= 11 is 0. The van der Waals surface area contributed by atoms with E-state index in [-0.39, 0.29) is 18.9 Å². The first-order valence-electron chi connectivity index (χ1n) is 4.75. The molecule has 17 heteroatoms. The summed E-state index contributed by atoms with van der Waals surface area (Å²) in [5, 5.41) is 8.63. The molecular formula is C6H7B3F12LiO-3. The summed E-state index contributed by atoms with van der Waals surface area (Å²) < 4.78 is 117. The molecule has 1 nitrogen and oxygen atoms in total. The van der Waals surface area contributed by atoms with Crippen LogP contribution in [0.1, 0.15) is 0 Å². The van der Waals surface area contributed by atoms with Crippen molar-refractivity contribution in [3.63, 3.8) is 0 Å². The molecule has 0 amide bonds. The number of hydrogen-bond acceptors (Lipinski definition) is 1. The van der Waals surface area contributed by atoms with Gasteiger partial charge in [-0.15, -0.1) is 0 Å². The van der Waals surface area contributed by atoms with Crippen LogP contribution in [0.2, 0.25) is 0 Å². The molecule has 0 saturated heterocycles. The molecule has 0 aliphatic carbocycles. The van der Waals surface area contributed by atoms with Gasteiger partial charge in [0.05, 0.1) is 0 Å². The monoisotopic (exact) mass is 363 g/mol. The Hall–Kier alpha value is -1.03. The molecule has 0 aliphatic heterocycles. The van der Waals surface area contributed by atoms with Gasteiger partial charge >= 0.3 is 40.6 Å². The van der Waals surface area contributed by atoms with E-state index >= 15 is 0 Å². The number of rotatable bonds is 0. The van der Waals surface area contributed by atoms with Crippen molar-refractivity contribution in [3.05, 3.63) is 30.3 Å². The van der Waals surface area contributed by atoms with Gasteiger partial charge in [0.1, 0.15) is 5.75 Å². The van der Waals surface area contributed by atoms with Gasteiger partial charge in [-0.25, -0.2) is 0 Å². The molecule has 1 aromatic carbocycles. The number of para-hydroxylation sites is 1. The van der Waals surface area contributed by atoms with Gasteiger partial charge < -0.3 is 56.9 Å². The summed E-state index contributed by atoms with van der Waals surface area (Å²) in [6, 6.07) is 8.71. The molecule has 1 N–H and O–H groups in total. The third-order valence-corrected chi connectivity index (χ3v) is 0.756. The van der Waals surface area contributed by atoms with Crippen molar-refractivity contribution in [2.24, 2.45) is 0 Å². The van der Waals surface area contributed by atoms with Crippen molar-refractivity contribution in [2.75, 3.05) is 0 Å². The quantitative estimate of drug-likeness (QED) is 0.526. The first kappa shape index (κ1) is 29.9. The minimum atomic E-state index is -6.00. The van der Waals surface area contributed by atoms with E-state index in [0.717, 1.165) is 0 Å². The van der Waals surface area contributed by atoms with Crippen LogP contribution in [0.15, 0.2) is 30.3 Å². The van der Waals surface area contributed by atoms with E-state index in [9.17, 15) is 51.8 Å². The zero-order valence-corrected chi connectivity index (χ0v) is 10.1. The van der Waals surface area contributed by atoms with Crippen molar-refractivity contribution < 1.29 is 56.9 Å². The van der Waals surface area contributed by atoms with Gasteiger partial charge in [-0.05, 0) is 12.1 Å². The zero-order valence-electron chi connectivity index (χ0n) is 10.1. The number of phenolic OH excluding ortho intramolecular Hbond substituents is 1. The minimum absolute atomic E-state index is 0. The molecule has 0 bridgehead atoms. The summed E-state index contributed by atoms with van der Waals surface area (Å²) in [6.45, 7) is 0. The summed E-state index contributed by atoms with van der Waals surface area (Å²) in [7, 11) is -18.0. The van der Waals surface area contributed by atoms with Crippen LogP contribution in [-0.2, 0) is 0 Å². The topological polar surface area (TPSA) is 20.2 Å². The molecule has 0 unspecified atom stereocenters. The first-order valence-corrected chi connectivity index (χ1v) is 4.75. The van der Waals surface area contributed by atoms with E-state index in [1.54, 1.807) is 24.3 Å². The molecule has 1 aromatic rings. The van der Waals surface area contributed by atoms with Crippen molar-refractivity contribution in [3.8, 4) is 5.75 Å². The van der Waals surface area contributed by atoms with Crippen LogP contribution in [0.3, 0.4) is 0 Å². The molecule has 0 radical (unpaired) electrons. The Morgan fingerprint density at radius 2 is 0.696 bits per heavy atom. The number of hydrogen-bond donors (Lipinski definition) is 1. The van der Waals surface area contributed by atoms with E-state index in [4.69, 9.17) is 5.11 Å². The fourth-order valence-electron chi connectivity index (χ4n) is 0.428. The molecule has 23 heavy (non-hydrogen) atoms. The molecule has 0 saturated carbocycles. The first-order chi connectivity index (χ1) is 9.39. The van der Waals surface area contributed by atoms with Crippen molar-refractivity contribution in [2.45, 2.75) is 0 Å². The van der Waals surface area contributed by atoms with Crippen LogP contribution < -0.4 is 0 Å². The third-order valence-electron chi connectivity index (χ3n) is 0.756. The van der Waals surface area contributed by atoms with E-state index in [2.05, 4.69) is 0 Å².